The van der Waals surface area contributed by atoms with Gasteiger partial charge in [-0.2, -0.15) is 0 Å². The van der Waals surface area contributed by atoms with E-state index in [-0.39, 0.29) is 23.8 Å². The second-order valence-electron chi connectivity index (χ2n) is 11.0. The van der Waals surface area contributed by atoms with Gasteiger partial charge in [-0.1, -0.05) is 64.7 Å². The number of alkyl carbamates (subject to hydrolysis) is 1. The van der Waals surface area contributed by atoms with Gasteiger partial charge in [0, 0.05) is 12.1 Å². The summed E-state index contributed by atoms with van der Waals surface area (Å²) in [7, 11) is 1.21. The summed E-state index contributed by atoms with van der Waals surface area (Å²) in [4.78, 5) is 53.5. The van der Waals surface area contributed by atoms with Crippen molar-refractivity contribution in [3.63, 3.8) is 0 Å². The Balaban J connectivity index is 3.53. The molecule has 0 aliphatic carbocycles. The Morgan fingerprint density at radius 1 is 1.05 bits per heavy atom. The van der Waals surface area contributed by atoms with Crippen LogP contribution in [0.4, 0.5) is 4.79 Å². The van der Waals surface area contributed by atoms with Gasteiger partial charge in [0.1, 0.15) is 30.0 Å². The zero-order valence-electron chi connectivity index (χ0n) is 24.8. The summed E-state index contributed by atoms with van der Waals surface area (Å²) >= 11 is 0. The third-order valence-corrected chi connectivity index (χ3v) is 6.15. The number of benzene rings is 1. The van der Waals surface area contributed by atoms with Crippen LogP contribution in [0.3, 0.4) is 0 Å². The Morgan fingerprint density at radius 2 is 1.69 bits per heavy atom. The van der Waals surface area contributed by atoms with E-state index < -0.39 is 48.1 Å². The van der Waals surface area contributed by atoms with Gasteiger partial charge in [0.05, 0.1) is 7.11 Å². The molecular formula is C29H47N3O7. The van der Waals surface area contributed by atoms with E-state index in [1.165, 1.54) is 12.0 Å². The van der Waals surface area contributed by atoms with E-state index in [2.05, 4.69) is 22.3 Å². The molecule has 2 unspecified atom stereocenters. The fraction of sp³-hybridized carbons (Fsp3) is 0.655. The largest absolute Gasteiger partial charge is 0.507 e. The molecule has 39 heavy (non-hydrogen) atoms. The van der Waals surface area contributed by atoms with Crippen LogP contribution in [0.5, 0.6) is 5.75 Å². The number of ether oxygens (including phenoxy) is 2. The van der Waals surface area contributed by atoms with Gasteiger partial charge in [-0.3, -0.25) is 14.4 Å². The topological polar surface area (TPSA) is 134 Å². The lowest BCUT2D eigenvalue weighted by Gasteiger charge is -2.36. The summed E-state index contributed by atoms with van der Waals surface area (Å²) in [5, 5.41) is 16.1. The Labute approximate surface area is 232 Å². The normalized spacial score (nSPS) is 12.8. The Hall–Kier alpha value is -3.30. The number of nitrogens with one attached hydrogen (secondary N) is 2. The Bertz CT molecular complexity index is 972. The van der Waals surface area contributed by atoms with Crippen molar-refractivity contribution in [2.45, 2.75) is 98.3 Å². The van der Waals surface area contributed by atoms with E-state index in [0.29, 0.717) is 12.0 Å². The molecule has 220 valence electrons. The lowest BCUT2D eigenvalue weighted by Crippen LogP contribution is -2.55. The van der Waals surface area contributed by atoms with Crippen LogP contribution in [0, 0.1) is 12.8 Å². The van der Waals surface area contributed by atoms with Crippen molar-refractivity contribution >= 4 is 23.9 Å². The van der Waals surface area contributed by atoms with Crippen molar-refractivity contribution in [1.82, 2.24) is 15.5 Å². The molecule has 0 spiro atoms. The van der Waals surface area contributed by atoms with Crippen LogP contribution in [0.2, 0.25) is 0 Å². The van der Waals surface area contributed by atoms with Crippen molar-refractivity contribution in [1.29, 1.82) is 0 Å². The van der Waals surface area contributed by atoms with Gasteiger partial charge in [-0.05, 0) is 45.6 Å². The van der Waals surface area contributed by atoms with Crippen LogP contribution in [0.25, 0.3) is 0 Å². The number of phenols is 1. The number of methoxy groups -OCH3 is 1. The molecule has 0 aromatic heterocycles. The molecule has 1 rings (SSSR count). The molecule has 1 aromatic carbocycles. The number of aryl methyl sites for hydroxylation is 1. The molecule has 0 saturated carbocycles. The van der Waals surface area contributed by atoms with Crippen molar-refractivity contribution < 1.29 is 33.8 Å². The first-order chi connectivity index (χ1) is 18.2. The number of hydrogen-bond acceptors (Lipinski definition) is 7. The molecular weight excluding hydrogens is 502 g/mol. The first-order valence-corrected chi connectivity index (χ1v) is 13.7. The van der Waals surface area contributed by atoms with Crippen LogP contribution < -0.4 is 10.6 Å². The SMILES string of the molecule is CCCCCCCN(C(=O)C(NC(=O)OC(C)(C)C)C(C)C)C(C(=O)NCC(=O)OC)c1cccc(C)c1O. The number of para-hydroxylation sites is 1. The maximum atomic E-state index is 14.1. The summed E-state index contributed by atoms with van der Waals surface area (Å²) in [5.74, 6) is -2.26. The summed E-state index contributed by atoms with van der Waals surface area (Å²) in [5.41, 5.74) is -0.0166. The van der Waals surface area contributed by atoms with Crippen LogP contribution in [0.1, 0.15) is 90.8 Å². The Kier molecular flexibility index (Phi) is 13.8. The molecule has 1 aromatic rings. The van der Waals surface area contributed by atoms with Gasteiger partial charge in [0.25, 0.3) is 0 Å². The number of amides is 3. The van der Waals surface area contributed by atoms with Crippen LogP contribution in [-0.2, 0) is 23.9 Å². The average Bonchev–Trinajstić information content (AvgIpc) is 2.85. The summed E-state index contributed by atoms with van der Waals surface area (Å²) < 4.78 is 10.0. The molecule has 3 amide bonds. The number of rotatable bonds is 14. The van der Waals surface area contributed by atoms with E-state index in [1.807, 2.05) is 0 Å². The number of unbranched alkanes of at least 4 members (excludes halogenated alkanes) is 4. The zero-order valence-corrected chi connectivity index (χ0v) is 24.8. The lowest BCUT2D eigenvalue weighted by atomic mass is 9.96. The predicted molar refractivity (Wildman–Crippen MR) is 149 cm³/mol. The zero-order chi connectivity index (χ0) is 29.8. The fourth-order valence-electron chi connectivity index (χ4n) is 4.06. The van der Waals surface area contributed by atoms with E-state index in [1.54, 1.807) is 59.7 Å². The maximum absolute atomic E-state index is 14.1. The molecule has 0 aliphatic heterocycles. The van der Waals surface area contributed by atoms with E-state index in [0.717, 1.165) is 25.7 Å². The highest BCUT2D eigenvalue weighted by molar-refractivity contribution is 5.93. The molecule has 10 nitrogen and oxygen atoms in total. The second-order valence-corrected chi connectivity index (χ2v) is 11.0. The first-order valence-electron chi connectivity index (χ1n) is 13.7. The molecule has 2 atom stereocenters. The minimum absolute atomic E-state index is 0.124. The van der Waals surface area contributed by atoms with Gasteiger partial charge in [0.15, 0.2) is 0 Å². The standard InChI is InChI=1S/C29H47N3O7/c1-9-10-11-12-13-17-32(27(36)23(19(2)3)31-28(37)39-29(5,6)7)24(26(35)30-18-22(33)38-8)21-16-14-15-20(4)25(21)34/h14-16,19,23-24,34H,9-13,17-18H2,1-8H3,(H,30,35)(H,31,37). The van der Waals surface area contributed by atoms with Crippen molar-refractivity contribution in [3.05, 3.63) is 29.3 Å². The summed E-state index contributed by atoms with van der Waals surface area (Å²) in [6, 6.07) is 2.70. The summed E-state index contributed by atoms with van der Waals surface area (Å²) in [6.45, 7) is 12.3. The predicted octanol–water partition coefficient (Wildman–Crippen LogP) is 4.38. The van der Waals surface area contributed by atoms with Crippen LogP contribution in [-0.4, -0.2) is 65.7 Å². The number of carbonyl (C=O) groups excluding carboxylic acids is 4. The minimum Gasteiger partial charge on any atom is -0.507 e. The second kappa shape index (κ2) is 16.0. The first kappa shape index (κ1) is 33.7. The fourth-order valence-corrected chi connectivity index (χ4v) is 4.06. The average molecular weight is 550 g/mol. The van der Waals surface area contributed by atoms with E-state index in [9.17, 15) is 24.3 Å². The minimum atomic E-state index is -1.25. The van der Waals surface area contributed by atoms with Crippen molar-refractivity contribution in [3.8, 4) is 5.75 Å². The van der Waals surface area contributed by atoms with Crippen LogP contribution in [0.15, 0.2) is 18.2 Å². The highest BCUT2D eigenvalue weighted by atomic mass is 16.6. The number of carbonyl (C=O) groups is 4. The van der Waals surface area contributed by atoms with Crippen LogP contribution >= 0.6 is 0 Å². The number of hydrogen-bond donors (Lipinski definition) is 3. The van der Waals surface area contributed by atoms with E-state index in [4.69, 9.17) is 4.74 Å². The molecule has 10 heteroatoms. The molecule has 3 N–H and O–H groups in total. The lowest BCUT2D eigenvalue weighted by molar-refractivity contribution is -0.145. The molecule has 0 fully saturated rings. The van der Waals surface area contributed by atoms with Gasteiger partial charge in [0.2, 0.25) is 11.8 Å². The molecule has 0 radical (unpaired) electrons. The third kappa shape index (κ3) is 11.1. The number of phenolic OH excluding ortho intramolecular Hbond substituents is 1. The molecule has 0 aliphatic rings. The molecule has 0 heterocycles. The van der Waals surface area contributed by atoms with Crippen molar-refractivity contribution in [2.75, 3.05) is 20.2 Å². The van der Waals surface area contributed by atoms with Gasteiger partial charge in [-0.15, -0.1) is 0 Å². The van der Waals surface area contributed by atoms with Gasteiger partial charge < -0.3 is 30.1 Å². The number of aromatic hydroxyl groups is 1. The van der Waals surface area contributed by atoms with E-state index >= 15 is 0 Å². The highest BCUT2D eigenvalue weighted by Crippen LogP contribution is 2.33. The Morgan fingerprint density at radius 3 is 2.26 bits per heavy atom. The van der Waals surface area contributed by atoms with Gasteiger partial charge >= 0.3 is 12.1 Å². The van der Waals surface area contributed by atoms with Gasteiger partial charge in [-0.25, -0.2) is 4.79 Å². The summed E-state index contributed by atoms with van der Waals surface area (Å²) in [6.07, 6.45) is 3.76. The molecule has 0 saturated heterocycles. The number of esters is 1. The maximum Gasteiger partial charge on any atom is 0.408 e. The van der Waals surface area contributed by atoms with Crippen molar-refractivity contribution in [2.24, 2.45) is 5.92 Å². The quantitative estimate of drug-likeness (QED) is 0.232. The monoisotopic (exact) mass is 549 g/mol. The number of nitrogens with zero attached hydrogens (tertiary/aromatic N) is 1. The molecule has 0 bridgehead atoms. The smallest absolute Gasteiger partial charge is 0.408 e. The third-order valence-electron chi connectivity index (χ3n) is 6.15. The highest BCUT2D eigenvalue weighted by Gasteiger charge is 2.38.